The summed E-state index contributed by atoms with van der Waals surface area (Å²) < 4.78 is 5.06. The van der Waals surface area contributed by atoms with Crippen molar-refractivity contribution in [1.82, 2.24) is 0 Å². The van der Waals surface area contributed by atoms with Crippen LogP contribution in [0, 0.1) is 0 Å². The van der Waals surface area contributed by atoms with Crippen LogP contribution in [0.15, 0.2) is 47.6 Å². The standard InChI is InChI=1S/C18H19NO5/c1-18(2,3)24-15(20)11-23-19-16(17(21)22)14-9-8-12-6-4-5-7-13(12)10-14/h4-10H,11H2,1-3H3,(H,21,22). The van der Waals surface area contributed by atoms with Crippen LogP contribution < -0.4 is 0 Å². The molecule has 0 aliphatic rings. The SMILES string of the molecule is CC(C)(C)OC(=O)CON=C(C(=O)O)c1ccc2ccccc2c1. The second-order valence-electron chi connectivity index (χ2n) is 6.17. The predicted octanol–water partition coefficient (Wildman–Crippen LogP) is 2.99. The van der Waals surface area contributed by atoms with Crippen molar-refractivity contribution in [3.63, 3.8) is 0 Å². The number of aliphatic carboxylic acids is 1. The molecule has 0 saturated carbocycles. The van der Waals surface area contributed by atoms with Crippen LogP contribution in [0.5, 0.6) is 0 Å². The van der Waals surface area contributed by atoms with Gasteiger partial charge in [-0.2, -0.15) is 0 Å². The monoisotopic (exact) mass is 329 g/mol. The molecule has 6 nitrogen and oxygen atoms in total. The number of nitrogens with zero attached hydrogens (tertiary/aromatic N) is 1. The number of carboxylic acids is 1. The summed E-state index contributed by atoms with van der Waals surface area (Å²) in [6.07, 6.45) is 0. The predicted molar refractivity (Wildman–Crippen MR) is 89.9 cm³/mol. The fourth-order valence-corrected chi connectivity index (χ4v) is 2.07. The fourth-order valence-electron chi connectivity index (χ4n) is 2.07. The van der Waals surface area contributed by atoms with Gasteiger partial charge in [0, 0.05) is 5.56 Å². The Hall–Kier alpha value is -2.89. The van der Waals surface area contributed by atoms with Crippen molar-refractivity contribution in [2.45, 2.75) is 26.4 Å². The molecule has 2 rings (SSSR count). The number of hydrogen-bond acceptors (Lipinski definition) is 5. The molecule has 0 saturated heterocycles. The van der Waals surface area contributed by atoms with Crippen LogP contribution in [0.2, 0.25) is 0 Å². The molecule has 126 valence electrons. The second-order valence-corrected chi connectivity index (χ2v) is 6.17. The lowest BCUT2D eigenvalue weighted by molar-refractivity contribution is -0.160. The molecule has 0 radical (unpaired) electrons. The molecule has 6 heteroatoms. The van der Waals surface area contributed by atoms with E-state index in [-0.39, 0.29) is 5.71 Å². The Morgan fingerprint density at radius 2 is 1.75 bits per heavy atom. The number of benzene rings is 2. The van der Waals surface area contributed by atoms with E-state index >= 15 is 0 Å². The average Bonchev–Trinajstić information content (AvgIpc) is 2.49. The van der Waals surface area contributed by atoms with E-state index < -0.39 is 24.1 Å². The minimum atomic E-state index is -1.24. The number of fused-ring (bicyclic) bond motifs is 1. The smallest absolute Gasteiger partial charge is 0.358 e. The first kappa shape index (κ1) is 17.5. The topological polar surface area (TPSA) is 85.2 Å². The Kier molecular flexibility index (Phi) is 5.18. The van der Waals surface area contributed by atoms with Crippen LogP contribution >= 0.6 is 0 Å². The molecule has 0 aliphatic carbocycles. The molecular formula is C18H19NO5. The lowest BCUT2D eigenvalue weighted by atomic mass is 10.0. The molecule has 0 aliphatic heterocycles. The molecule has 0 unspecified atom stereocenters. The number of carboxylic acid groups (broad SMARTS) is 1. The van der Waals surface area contributed by atoms with Crippen LogP contribution in [0.4, 0.5) is 0 Å². The van der Waals surface area contributed by atoms with Crippen molar-refractivity contribution in [2.24, 2.45) is 5.16 Å². The van der Waals surface area contributed by atoms with Crippen molar-refractivity contribution in [2.75, 3.05) is 6.61 Å². The van der Waals surface area contributed by atoms with Crippen LogP contribution in [-0.2, 0) is 19.2 Å². The average molecular weight is 329 g/mol. The zero-order valence-corrected chi connectivity index (χ0v) is 13.8. The summed E-state index contributed by atoms with van der Waals surface area (Å²) in [4.78, 5) is 27.8. The number of esters is 1. The molecule has 0 bridgehead atoms. The number of oxime groups is 1. The lowest BCUT2D eigenvalue weighted by Crippen LogP contribution is -2.26. The van der Waals surface area contributed by atoms with Crippen molar-refractivity contribution in [3.05, 3.63) is 48.0 Å². The highest BCUT2D eigenvalue weighted by molar-refractivity contribution is 6.42. The summed E-state index contributed by atoms with van der Waals surface area (Å²) in [5, 5.41) is 14.8. The van der Waals surface area contributed by atoms with E-state index in [0.29, 0.717) is 5.56 Å². The van der Waals surface area contributed by atoms with E-state index in [1.807, 2.05) is 24.3 Å². The van der Waals surface area contributed by atoms with Gasteiger partial charge < -0.3 is 14.7 Å². The van der Waals surface area contributed by atoms with E-state index in [1.54, 1.807) is 39.0 Å². The zero-order chi connectivity index (χ0) is 17.7. The van der Waals surface area contributed by atoms with E-state index in [2.05, 4.69) is 5.16 Å². The van der Waals surface area contributed by atoms with Crippen molar-refractivity contribution < 1.29 is 24.3 Å². The Morgan fingerprint density at radius 3 is 2.38 bits per heavy atom. The van der Waals surface area contributed by atoms with E-state index in [9.17, 15) is 14.7 Å². The van der Waals surface area contributed by atoms with Gasteiger partial charge in [-0.15, -0.1) is 0 Å². The summed E-state index contributed by atoms with van der Waals surface area (Å²) in [7, 11) is 0. The molecule has 2 aromatic carbocycles. The molecule has 0 heterocycles. The van der Waals surface area contributed by atoms with Gasteiger partial charge in [0.2, 0.25) is 6.61 Å². The lowest BCUT2D eigenvalue weighted by Gasteiger charge is -2.18. The molecule has 0 atom stereocenters. The van der Waals surface area contributed by atoms with E-state index in [0.717, 1.165) is 10.8 Å². The Labute approximate surface area is 139 Å². The third kappa shape index (κ3) is 4.81. The van der Waals surface area contributed by atoms with Gasteiger partial charge in [-0.05, 0) is 37.6 Å². The van der Waals surface area contributed by atoms with Crippen molar-refractivity contribution >= 4 is 28.4 Å². The van der Waals surface area contributed by atoms with Crippen molar-refractivity contribution in [1.29, 1.82) is 0 Å². The maximum Gasteiger partial charge on any atom is 0.358 e. The normalized spacial score (nSPS) is 12.0. The van der Waals surface area contributed by atoms with Gasteiger partial charge >= 0.3 is 11.9 Å². The van der Waals surface area contributed by atoms with Crippen LogP contribution in [0.1, 0.15) is 26.3 Å². The zero-order valence-electron chi connectivity index (χ0n) is 13.8. The largest absolute Gasteiger partial charge is 0.476 e. The van der Waals surface area contributed by atoms with Gasteiger partial charge in [0.25, 0.3) is 0 Å². The van der Waals surface area contributed by atoms with Gasteiger partial charge in [0.15, 0.2) is 5.71 Å². The highest BCUT2D eigenvalue weighted by Gasteiger charge is 2.18. The van der Waals surface area contributed by atoms with E-state index in [1.165, 1.54) is 0 Å². The summed E-state index contributed by atoms with van der Waals surface area (Å²) in [5.74, 6) is -1.86. The van der Waals surface area contributed by atoms with Gasteiger partial charge in [-0.1, -0.05) is 41.6 Å². The summed E-state index contributed by atoms with van der Waals surface area (Å²) in [6.45, 7) is 4.73. The molecule has 24 heavy (non-hydrogen) atoms. The second kappa shape index (κ2) is 7.12. The number of ether oxygens (including phenoxy) is 1. The molecular weight excluding hydrogens is 310 g/mol. The quantitative estimate of drug-likeness (QED) is 0.518. The number of carbonyl (C=O) groups excluding carboxylic acids is 1. The van der Waals surface area contributed by atoms with Gasteiger partial charge in [-0.3, -0.25) is 0 Å². The van der Waals surface area contributed by atoms with Crippen LogP contribution in [-0.4, -0.2) is 35.0 Å². The highest BCUT2D eigenvalue weighted by atomic mass is 16.7. The van der Waals surface area contributed by atoms with Gasteiger partial charge in [-0.25, -0.2) is 9.59 Å². The summed E-state index contributed by atoms with van der Waals surface area (Å²) in [6, 6.07) is 12.7. The molecule has 0 fully saturated rings. The van der Waals surface area contributed by atoms with Crippen LogP contribution in [0.25, 0.3) is 10.8 Å². The molecule has 0 amide bonds. The number of carbonyl (C=O) groups is 2. The van der Waals surface area contributed by atoms with Crippen LogP contribution in [0.3, 0.4) is 0 Å². The molecule has 0 aromatic heterocycles. The minimum absolute atomic E-state index is 0.274. The first-order chi connectivity index (χ1) is 11.3. The molecule has 2 aromatic rings. The van der Waals surface area contributed by atoms with Gasteiger partial charge in [0.1, 0.15) is 5.60 Å². The molecule has 0 spiro atoms. The van der Waals surface area contributed by atoms with Crippen molar-refractivity contribution in [3.8, 4) is 0 Å². The molecule has 1 N–H and O–H groups in total. The number of hydrogen-bond donors (Lipinski definition) is 1. The third-order valence-corrected chi connectivity index (χ3v) is 2.98. The Morgan fingerprint density at radius 1 is 1.08 bits per heavy atom. The first-order valence-electron chi connectivity index (χ1n) is 7.40. The maximum atomic E-state index is 11.6. The number of rotatable bonds is 5. The third-order valence-electron chi connectivity index (χ3n) is 2.98. The summed E-state index contributed by atoms with van der Waals surface area (Å²) in [5.41, 5.74) is -0.521. The minimum Gasteiger partial charge on any atom is -0.476 e. The summed E-state index contributed by atoms with van der Waals surface area (Å²) >= 11 is 0. The van der Waals surface area contributed by atoms with E-state index in [4.69, 9.17) is 9.57 Å². The highest BCUT2D eigenvalue weighted by Crippen LogP contribution is 2.16. The fraction of sp³-hybridized carbons (Fsp3) is 0.278. The Bertz CT molecular complexity index is 789. The first-order valence-corrected chi connectivity index (χ1v) is 7.40. The Balaban J connectivity index is 2.16. The van der Waals surface area contributed by atoms with Gasteiger partial charge in [0.05, 0.1) is 0 Å². The maximum absolute atomic E-state index is 11.6.